The molecular formula is C36H32N6. The van der Waals surface area contributed by atoms with Crippen molar-refractivity contribution in [1.29, 1.82) is 0 Å². The Bertz CT molecular complexity index is 1700. The van der Waals surface area contributed by atoms with Crippen LogP contribution in [0.3, 0.4) is 0 Å². The molecule has 0 aliphatic heterocycles. The third kappa shape index (κ3) is 6.78. The Hall–Kier alpha value is -5.10. The Labute approximate surface area is 246 Å². The Balaban J connectivity index is 1.12. The van der Waals surface area contributed by atoms with E-state index in [1.807, 2.05) is 49.1 Å². The van der Waals surface area contributed by atoms with E-state index in [1.165, 1.54) is 22.3 Å². The van der Waals surface area contributed by atoms with Crippen molar-refractivity contribution < 1.29 is 0 Å². The van der Waals surface area contributed by atoms with E-state index in [0.29, 0.717) is 0 Å². The molecule has 0 unspecified atom stereocenters. The van der Waals surface area contributed by atoms with Crippen molar-refractivity contribution in [2.24, 2.45) is 0 Å². The number of hydrogen-bond acceptors (Lipinski definition) is 6. The van der Waals surface area contributed by atoms with Gasteiger partial charge in [0.2, 0.25) is 0 Å². The highest BCUT2D eigenvalue weighted by Gasteiger charge is 2.08. The van der Waals surface area contributed by atoms with Crippen LogP contribution in [0.15, 0.2) is 110 Å². The highest BCUT2D eigenvalue weighted by molar-refractivity contribution is 5.57. The lowest BCUT2D eigenvalue weighted by Crippen LogP contribution is -2.00. The summed E-state index contributed by atoms with van der Waals surface area (Å²) in [6, 6.07) is 28.9. The van der Waals surface area contributed by atoms with Crippen molar-refractivity contribution in [2.75, 3.05) is 0 Å². The van der Waals surface area contributed by atoms with Gasteiger partial charge in [0.25, 0.3) is 0 Å². The SMILES string of the molecule is Cc1ccnc(-c2cc(CCc3cccc(-c4cccc(CCc5ccnc(-c6cc(C)ccn6)c5)n4)n3)ccn2)c1. The van der Waals surface area contributed by atoms with Crippen LogP contribution in [0.4, 0.5) is 0 Å². The lowest BCUT2D eigenvalue weighted by Gasteiger charge is -2.08. The van der Waals surface area contributed by atoms with Crippen LogP contribution in [0.25, 0.3) is 34.2 Å². The minimum atomic E-state index is 0.832. The normalized spacial score (nSPS) is 11.0. The van der Waals surface area contributed by atoms with Gasteiger partial charge in [-0.05, 0) is 135 Å². The van der Waals surface area contributed by atoms with E-state index in [0.717, 1.165) is 71.2 Å². The molecule has 0 spiro atoms. The lowest BCUT2D eigenvalue weighted by atomic mass is 10.1. The van der Waals surface area contributed by atoms with Crippen LogP contribution >= 0.6 is 0 Å². The molecule has 6 heterocycles. The average molecular weight is 549 g/mol. The van der Waals surface area contributed by atoms with Gasteiger partial charge in [-0.15, -0.1) is 0 Å². The third-order valence-electron chi connectivity index (χ3n) is 7.22. The fraction of sp³-hybridized carbons (Fsp3) is 0.167. The first-order valence-electron chi connectivity index (χ1n) is 14.3. The molecule has 206 valence electrons. The first-order valence-corrected chi connectivity index (χ1v) is 14.3. The van der Waals surface area contributed by atoms with Crippen LogP contribution in [0, 0.1) is 13.8 Å². The minimum absolute atomic E-state index is 0.832. The zero-order valence-electron chi connectivity index (χ0n) is 23.9. The molecule has 0 radical (unpaired) electrons. The predicted octanol–water partition coefficient (Wildman–Crippen LogP) is 7.24. The summed E-state index contributed by atoms with van der Waals surface area (Å²) in [5.41, 5.74) is 12.2. The molecule has 6 rings (SSSR count). The zero-order valence-corrected chi connectivity index (χ0v) is 23.9. The Morgan fingerprint density at radius 2 is 0.810 bits per heavy atom. The van der Waals surface area contributed by atoms with Crippen molar-refractivity contribution in [3.05, 3.63) is 143 Å². The van der Waals surface area contributed by atoms with Gasteiger partial charge in [-0.25, -0.2) is 0 Å². The van der Waals surface area contributed by atoms with E-state index < -0.39 is 0 Å². The van der Waals surface area contributed by atoms with Gasteiger partial charge in [-0.1, -0.05) is 12.1 Å². The number of aromatic nitrogens is 6. The van der Waals surface area contributed by atoms with E-state index >= 15 is 0 Å². The summed E-state index contributed by atoms with van der Waals surface area (Å²) in [7, 11) is 0. The van der Waals surface area contributed by atoms with Gasteiger partial charge in [0, 0.05) is 36.2 Å². The van der Waals surface area contributed by atoms with Gasteiger partial charge >= 0.3 is 0 Å². The number of hydrogen-bond donors (Lipinski definition) is 0. The van der Waals surface area contributed by atoms with Crippen LogP contribution in [0.2, 0.25) is 0 Å². The molecule has 0 atom stereocenters. The number of rotatable bonds is 9. The van der Waals surface area contributed by atoms with Crippen molar-refractivity contribution in [1.82, 2.24) is 29.9 Å². The lowest BCUT2D eigenvalue weighted by molar-refractivity contribution is 0.901. The number of nitrogens with zero attached hydrogens (tertiary/aromatic N) is 6. The fourth-order valence-electron chi connectivity index (χ4n) is 4.96. The maximum Gasteiger partial charge on any atom is 0.0889 e. The first kappa shape index (κ1) is 27.1. The van der Waals surface area contributed by atoms with E-state index in [1.54, 1.807) is 0 Å². The second-order valence-corrected chi connectivity index (χ2v) is 10.6. The second kappa shape index (κ2) is 12.6. The van der Waals surface area contributed by atoms with Crippen LogP contribution < -0.4 is 0 Å². The second-order valence-electron chi connectivity index (χ2n) is 10.6. The average Bonchev–Trinajstić information content (AvgIpc) is 3.03. The summed E-state index contributed by atoms with van der Waals surface area (Å²) in [6.07, 6.45) is 10.8. The molecule has 0 aliphatic rings. The van der Waals surface area contributed by atoms with E-state index in [-0.39, 0.29) is 0 Å². The molecule has 6 aromatic heterocycles. The van der Waals surface area contributed by atoms with Crippen LogP contribution in [-0.4, -0.2) is 29.9 Å². The maximum atomic E-state index is 4.96. The molecule has 0 aromatic carbocycles. The zero-order chi connectivity index (χ0) is 28.7. The minimum Gasteiger partial charge on any atom is -0.255 e. The Morgan fingerprint density at radius 1 is 0.405 bits per heavy atom. The Morgan fingerprint density at radius 3 is 1.24 bits per heavy atom. The van der Waals surface area contributed by atoms with E-state index in [4.69, 9.17) is 9.97 Å². The van der Waals surface area contributed by atoms with Gasteiger partial charge in [-0.3, -0.25) is 29.9 Å². The van der Waals surface area contributed by atoms with Gasteiger partial charge in [0.1, 0.15) is 0 Å². The number of pyridine rings is 6. The molecule has 6 heteroatoms. The summed E-state index contributed by atoms with van der Waals surface area (Å²) >= 11 is 0. The van der Waals surface area contributed by atoms with Crippen LogP contribution in [0.1, 0.15) is 33.6 Å². The maximum absolute atomic E-state index is 4.96. The molecule has 0 saturated heterocycles. The molecule has 0 fully saturated rings. The molecule has 0 N–H and O–H groups in total. The standard InChI is InChI=1S/C36H32N6/c1-25-13-17-37-33(21-25)35-23-27(15-19-39-35)9-11-29-5-3-7-31(41-29)32-8-4-6-30(42-32)12-10-28-16-20-40-36(24-28)34-22-26(2)14-18-38-34/h3-8,13-24H,9-12H2,1-2H3. The molecule has 0 amide bonds. The molecule has 0 saturated carbocycles. The first-order chi connectivity index (χ1) is 20.6. The highest BCUT2D eigenvalue weighted by atomic mass is 14.8. The summed E-state index contributed by atoms with van der Waals surface area (Å²) in [5, 5.41) is 0. The van der Waals surface area contributed by atoms with Gasteiger partial charge in [-0.2, -0.15) is 0 Å². The summed E-state index contributed by atoms with van der Waals surface area (Å²) in [4.78, 5) is 27.9. The highest BCUT2D eigenvalue weighted by Crippen LogP contribution is 2.21. The molecule has 6 nitrogen and oxygen atoms in total. The van der Waals surface area contributed by atoms with Crippen molar-refractivity contribution >= 4 is 0 Å². The molecule has 0 bridgehead atoms. The van der Waals surface area contributed by atoms with Gasteiger partial charge < -0.3 is 0 Å². The Kier molecular flexibility index (Phi) is 8.13. The number of aryl methyl sites for hydroxylation is 6. The quantitative estimate of drug-likeness (QED) is 0.189. The monoisotopic (exact) mass is 548 g/mol. The van der Waals surface area contributed by atoms with Gasteiger partial charge in [0.05, 0.1) is 34.2 Å². The molecule has 6 aromatic rings. The van der Waals surface area contributed by atoms with E-state index in [2.05, 4.69) is 94.4 Å². The smallest absolute Gasteiger partial charge is 0.0889 e. The van der Waals surface area contributed by atoms with Crippen LogP contribution in [0.5, 0.6) is 0 Å². The summed E-state index contributed by atoms with van der Waals surface area (Å²) in [5.74, 6) is 0. The van der Waals surface area contributed by atoms with Crippen molar-refractivity contribution in [3.63, 3.8) is 0 Å². The molecular weight excluding hydrogens is 516 g/mol. The van der Waals surface area contributed by atoms with Crippen molar-refractivity contribution in [2.45, 2.75) is 39.5 Å². The largest absolute Gasteiger partial charge is 0.255 e. The van der Waals surface area contributed by atoms with E-state index in [9.17, 15) is 0 Å². The van der Waals surface area contributed by atoms with Gasteiger partial charge in [0.15, 0.2) is 0 Å². The van der Waals surface area contributed by atoms with Crippen LogP contribution in [-0.2, 0) is 25.7 Å². The summed E-state index contributed by atoms with van der Waals surface area (Å²) in [6.45, 7) is 4.14. The fourth-order valence-corrected chi connectivity index (χ4v) is 4.96. The topological polar surface area (TPSA) is 77.3 Å². The third-order valence-corrected chi connectivity index (χ3v) is 7.22. The van der Waals surface area contributed by atoms with Crippen molar-refractivity contribution in [3.8, 4) is 34.2 Å². The molecule has 0 aliphatic carbocycles. The summed E-state index contributed by atoms with van der Waals surface area (Å²) < 4.78 is 0. The predicted molar refractivity (Wildman–Crippen MR) is 167 cm³/mol. The molecule has 42 heavy (non-hydrogen) atoms.